The van der Waals surface area contributed by atoms with E-state index in [1.54, 1.807) is 19.1 Å². The Morgan fingerprint density at radius 2 is 1.55 bits per heavy atom. The lowest BCUT2D eigenvalue weighted by molar-refractivity contribution is -0.122. The number of amides is 1. The molecule has 0 aromatic heterocycles. The summed E-state index contributed by atoms with van der Waals surface area (Å²) in [5.41, 5.74) is 3.42. The molecule has 0 fully saturated rings. The summed E-state index contributed by atoms with van der Waals surface area (Å²) >= 11 is 0. The highest BCUT2D eigenvalue weighted by Gasteiger charge is 2.31. The molecule has 29 heavy (non-hydrogen) atoms. The first-order valence-corrected chi connectivity index (χ1v) is 11.8. The van der Waals surface area contributed by atoms with E-state index in [0.717, 1.165) is 29.4 Å². The van der Waals surface area contributed by atoms with Crippen LogP contribution in [-0.4, -0.2) is 26.6 Å². The molecule has 0 spiro atoms. The molecule has 1 amide bonds. The highest BCUT2D eigenvalue weighted by Crippen LogP contribution is 2.26. The van der Waals surface area contributed by atoms with Crippen molar-refractivity contribution in [2.75, 3.05) is 10.6 Å². The van der Waals surface area contributed by atoms with Crippen molar-refractivity contribution in [2.45, 2.75) is 53.1 Å². The standard InChI is InChI=1S/C23H32N2O3S/c1-16(2)12-22(20-10-8-7-9-11-20)24-23(26)19(5)25(29(6,27)28)21-14-17(3)13-18(4)15-21/h7-11,13-16,19,22H,12H2,1-6H3,(H,24,26)/t19-,22+/m1/s1. The van der Waals surface area contributed by atoms with Crippen LogP contribution in [0.25, 0.3) is 0 Å². The Hall–Kier alpha value is -2.34. The van der Waals surface area contributed by atoms with E-state index in [9.17, 15) is 13.2 Å². The second-order valence-electron chi connectivity index (χ2n) is 8.18. The Kier molecular flexibility index (Phi) is 7.47. The molecule has 0 aliphatic heterocycles. The summed E-state index contributed by atoms with van der Waals surface area (Å²) in [4.78, 5) is 13.1. The fourth-order valence-corrected chi connectivity index (χ4v) is 4.77. The van der Waals surface area contributed by atoms with Crippen molar-refractivity contribution >= 4 is 21.6 Å². The molecule has 1 N–H and O–H groups in total. The quantitative estimate of drug-likeness (QED) is 0.695. The van der Waals surface area contributed by atoms with Crippen LogP contribution in [-0.2, 0) is 14.8 Å². The second-order valence-corrected chi connectivity index (χ2v) is 10.0. The van der Waals surface area contributed by atoms with Crippen LogP contribution in [0.4, 0.5) is 5.69 Å². The summed E-state index contributed by atoms with van der Waals surface area (Å²) in [5.74, 6) is 0.0605. The number of hydrogen-bond donors (Lipinski definition) is 1. The molecule has 6 heteroatoms. The summed E-state index contributed by atoms with van der Waals surface area (Å²) in [5, 5.41) is 3.07. The minimum Gasteiger partial charge on any atom is -0.347 e. The van der Waals surface area contributed by atoms with Crippen LogP contribution in [0.5, 0.6) is 0 Å². The Morgan fingerprint density at radius 3 is 2.03 bits per heavy atom. The average Bonchev–Trinajstić information content (AvgIpc) is 2.59. The Bertz CT molecular complexity index is 920. The molecule has 2 aromatic carbocycles. The van der Waals surface area contributed by atoms with Gasteiger partial charge in [0.05, 0.1) is 18.0 Å². The Balaban J connectivity index is 2.34. The van der Waals surface area contributed by atoms with Crippen LogP contribution in [0.2, 0.25) is 0 Å². The third-order valence-electron chi connectivity index (χ3n) is 4.77. The van der Waals surface area contributed by atoms with Gasteiger partial charge in [-0.3, -0.25) is 9.10 Å². The summed E-state index contributed by atoms with van der Waals surface area (Å²) in [6, 6.07) is 14.3. The Labute approximate surface area is 175 Å². The number of hydrogen-bond acceptors (Lipinski definition) is 3. The van der Waals surface area contributed by atoms with Crippen LogP contribution in [0, 0.1) is 19.8 Å². The molecular formula is C23H32N2O3S. The van der Waals surface area contributed by atoms with Crippen molar-refractivity contribution in [1.29, 1.82) is 0 Å². The number of carbonyl (C=O) groups excluding carboxylic acids is 1. The molecule has 2 rings (SSSR count). The monoisotopic (exact) mass is 416 g/mol. The van der Waals surface area contributed by atoms with Gasteiger partial charge in [0, 0.05) is 0 Å². The van der Waals surface area contributed by atoms with Crippen molar-refractivity contribution in [3.8, 4) is 0 Å². The van der Waals surface area contributed by atoms with E-state index in [1.807, 2.05) is 50.2 Å². The lowest BCUT2D eigenvalue weighted by Gasteiger charge is -2.31. The first kappa shape index (κ1) is 22.9. The normalized spacial score (nSPS) is 13.8. The molecule has 158 valence electrons. The van der Waals surface area contributed by atoms with E-state index in [4.69, 9.17) is 0 Å². The van der Waals surface area contributed by atoms with Crippen molar-refractivity contribution in [1.82, 2.24) is 5.32 Å². The van der Waals surface area contributed by atoms with Gasteiger partial charge >= 0.3 is 0 Å². The number of sulfonamides is 1. The Morgan fingerprint density at radius 1 is 1.00 bits per heavy atom. The summed E-state index contributed by atoms with van der Waals surface area (Å²) in [6.07, 6.45) is 1.90. The van der Waals surface area contributed by atoms with Crippen LogP contribution in [0.1, 0.15) is 49.9 Å². The molecule has 0 saturated heterocycles. The minimum atomic E-state index is -3.65. The molecule has 2 atom stereocenters. The molecule has 0 saturated carbocycles. The fraction of sp³-hybridized carbons (Fsp3) is 0.435. The van der Waals surface area contributed by atoms with Crippen LogP contribution < -0.4 is 9.62 Å². The third-order valence-corrected chi connectivity index (χ3v) is 6.02. The predicted molar refractivity (Wildman–Crippen MR) is 119 cm³/mol. The lowest BCUT2D eigenvalue weighted by Crippen LogP contribution is -2.48. The van der Waals surface area contributed by atoms with E-state index in [0.29, 0.717) is 11.6 Å². The number of anilines is 1. The van der Waals surface area contributed by atoms with Gasteiger partial charge in [-0.15, -0.1) is 0 Å². The highest BCUT2D eigenvalue weighted by molar-refractivity contribution is 7.92. The van der Waals surface area contributed by atoms with E-state index in [-0.39, 0.29) is 11.9 Å². The maximum Gasteiger partial charge on any atom is 0.244 e. The van der Waals surface area contributed by atoms with Crippen LogP contribution in [0.15, 0.2) is 48.5 Å². The molecule has 0 heterocycles. The SMILES string of the molecule is Cc1cc(C)cc(N([C@H](C)C(=O)N[C@@H](CC(C)C)c2ccccc2)S(C)(=O)=O)c1. The van der Waals surface area contributed by atoms with Gasteiger partial charge in [-0.2, -0.15) is 0 Å². The molecule has 0 radical (unpaired) electrons. The number of nitrogens with zero attached hydrogens (tertiary/aromatic N) is 1. The topological polar surface area (TPSA) is 66.5 Å². The minimum absolute atomic E-state index is 0.174. The number of carbonyl (C=O) groups is 1. The van der Waals surface area contributed by atoms with Gasteiger partial charge in [0.1, 0.15) is 6.04 Å². The number of nitrogens with one attached hydrogen (secondary N) is 1. The van der Waals surface area contributed by atoms with E-state index in [1.165, 1.54) is 4.31 Å². The number of aryl methyl sites for hydroxylation is 2. The highest BCUT2D eigenvalue weighted by atomic mass is 32.2. The van der Waals surface area contributed by atoms with Gasteiger partial charge in [0.15, 0.2) is 0 Å². The van der Waals surface area contributed by atoms with Crippen LogP contribution >= 0.6 is 0 Å². The fourth-order valence-electron chi connectivity index (χ4n) is 3.61. The van der Waals surface area contributed by atoms with Gasteiger partial charge in [-0.25, -0.2) is 8.42 Å². The first-order chi connectivity index (χ1) is 13.5. The summed E-state index contributed by atoms with van der Waals surface area (Å²) < 4.78 is 26.4. The lowest BCUT2D eigenvalue weighted by atomic mass is 9.96. The van der Waals surface area contributed by atoms with Gasteiger partial charge < -0.3 is 5.32 Å². The van der Waals surface area contributed by atoms with E-state index < -0.39 is 16.1 Å². The largest absolute Gasteiger partial charge is 0.347 e. The molecule has 0 unspecified atom stereocenters. The van der Waals surface area contributed by atoms with Gasteiger partial charge in [-0.1, -0.05) is 50.2 Å². The molecule has 0 bridgehead atoms. The van der Waals surface area contributed by atoms with Crippen molar-refractivity contribution < 1.29 is 13.2 Å². The molecule has 2 aromatic rings. The van der Waals surface area contributed by atoms with E-state index in [2.05, 4.69) is 19.2 Å². The smallest absolute Gasteiger partial charge is 0.244 e. The molecule has 0 aliphatic rings. The zero-order valence-corrected chi connectivity index (χ0v) is 19.0. The van der Waals surface area contributed by atoms with Gasteiger partial charge in [-0.05, 0) is 61.9 Å². The second kappa shape index (κ2) is 9.44. The summed E-state index contributed by atoms with van der Waals surface area (Å²) in [7, 11) is -3.65. The van der Waals surface area contributed by atoms with Crippen LogP contribution in [0.3, 0.4) is 0 Å². The van der Waals surface area contributed by atoms with Gasteiger partial charge in [0.25, 0.3) is 0 Å². The summed E-state index contributed by atoms with van der Waals surface area (Å²) in [6.45, 7) is 9.66. The number of rotatable bonds is 8. The molecular weight excluding hydrogens is 384 g/mol. The maximum absolute atomic E-state index is 13.1. The zero-order valence-electron chi connectivity index (χ0n) is 18.1. The van der Waals surface area contributed by atoms with Crippen molar-refractivity contribution in [2.24, 2.45) is 5.92 Å². The predicted octanol–water partition coefficient (Wildman–Crippen LogP) is 4.36. The van der Waals surface area contributed by atoms with Crippen molar-refractivity contribution in [3.05, 3.63) is 65.2 Å². The zero-order chi connectivity index (χ0) is 21.8. The molecule has 0 aliphatic carbocycles. The molecule has 5 nitrogen and oxygen atoms in total. The van der Waals surface area contributed by atoms with E-state index >= 15 is 0 Å². The first-order valence-electron chi connectivity index (χ1n) is 9.92. The maximum atomic E-state index is 13.1. The third kappa shape index (κ3) is 6.32. The average molecular weight is 417 g/mol. The van der Waals surface area contributed by atoms with Gasteiger partial charge in [0.2, 0.25) is 15.9 Å². The number of benzene rings is 2. The van der Waals surface area contributed by atoms with Crippen molar-refractivity contribution in [3.63, 3.8) is 0 Å².